The summed E-state index contributed by atoms with van der Waals surface area (Å²) in [5.74, 6) is 1.06. The monoisotopic (exact) mass is 445 g/mol. The maximum Gasteiger partial charge on any atom is 0.251 e. The normalized spacial score (nSPS) is 19.7. The summed E-state index contributed by atoms with van der Waals surface area (Å²) in [6.45, 7) is 3.17. The highest BCUT2D eigenvalue weighted by Gasteiger charge is 2.26. The molecule has 2 aliphatic rings. The summed E-state index contributed by atoms with van der Waals surface area (Å²) in [7, 11) is -1.38. The molecule has 1 saturated heterocycles. The number of piperazine rings is 1. The van der Waals surface area contributed by atoms with Crippen LogP contribution in [0.15, 0.2) is 48.5 Å². The summed E-state index contributed by atoms with van der Waals surface area (Å²) < 4.78 is 38.3. The number of carbonyl (C=O) groups excluding carboxylic acids is 1. The van der Waals surface area contributed by atoms with E-state index < -0.39 is 10.0 Å². The van der Waals surface area contributed by atoms with Crippen LogP contribution in [0.25, 0.3) is 0 Å². The molecule has 2 aromatic rings. The standard InChI is InChI=1S/C22H27N3O5S/c1-24-10-12-25(13-11-24)31(27,28)16-17-6-8-18(9-7-17)22(26)23-14-19-15-29-20-4-2-3-5-21(20)30-19/h2-9,19H,10-16H2,1H3,(H,23,26). The third kappa shape index (κ3) is 5.36. The number of nitrogens with zero attached hydrogens (tertiary/aromatic N) is 2. The maximum absolute atomic E-state index is 12.6. The Bertz CT molecular complexity index is 1020. The van der Waals surface area contributed by atoms with Crippen LogP contribution in [0.5, 0.6) is 11.5 Å². The van der Waals surface area contributed by atoms with E-state index in [2.05, 4.69) is 10.2 Å². The summed E-state index contributed by atoms with van der Waals surface area (Å²) in [6, 6.07) is 14.1. The zero-order chi connectivity index (χ0) is 21.8. The summed E-state index contributed by atoms with van der Waals surface area (Å²) >= 11 is 0. The van der Waals surface area contributed by atoms with Gasteiger partial charge in [0.1, 0.15) is 12.7 Å². The second-order valence-corrected chi connectivity index (χ2v) is 9.83. The van der Waals surface area contributed by atoms with Gasteiger partial charge in [-0.2, -0.15) is 4.31 Å². The fourth-order valence-corrected chi connectivity index (χ4v) is 5.11. The summed E-state index contributed by atoms with van der Waals surface area (Å²) in [6.07, 6.45) is -0.271. The van der Waals surface area contributed by atoms with Gasteiger partial charge in [0.25, 0.3) is 5.91 Å². The average Bonchev–Trinajstić information content (AvgIpc) is 2.78. The number of carbonyl (C=O) groups is 1. The molecular weight excluding hydrogens is 418 g/mol. The van der Waals surface area contributed by atoms with Gasteiger partial charge in [-0.25, -0.2) is 8.42 Å². The molecule has 1 amide bonds. The number of hydrogen-bond donors (Lipinski definition) is 1. The fourth-order valence-electron chi connectivity index (χ4n) is 3.59. The van der Waals surface area contributed by atoms with Gasteiger partial charge in [0.15, 0.2) is 11.5 Å². The van der Waals surface area contributed by atoms with E-state index in [1.54, 1.807) is 24.3 Å². The number of rotatable bonds is 6. The van der Waals surface area contributed by atoms with E-state index in [4.69, 9.17) is 9.47 Å². The van der Waals surface area contributed by atoms with E-state index >= 15 is 0 Å². The van der Waals surface area contributed by atoms with E-state index in [0.29, 0.717) is 48.9 Å². The second kappa shape index (κ2) is 9.25. The van der Waals surface area contributed by atoms with Crippen LogP contribution in [-0.2, 0) is 15.8 Å². The number of amides is 1. The number of ether oxygens (including phenoxy) is 2. The molecule has 2 heterocycles. The van der Waals surface area contributed by atoms with Gasteiger partial charge in [-0.3, -0.25) is 4.79 Å². The van der Waals surface area contributed by atoms with Gasteiger partial charge in [0, 0.05) is 31.7 Å². The Morgan fingerprint density at radius 1 is 1.03 bits per heavy atom. The molecule has 0 aromatic heterocycles. The molecule has 1 N–H and O–H groups in total. The van der Waals surface area contributed by atoms with E-state index in [0.717, 1.165) is 13.1 Å². The molecule has 2 aliphatic heterocycles. The highest BCUT2D eigenvalue weighted by atomic mass is 32.2. The predicted molar refractivity (Wildman–Crippen MR) is 117 cm³/mol. The molecule has 0 radical (unpaired) electrons. The number of benzene rings is 2. The van der Waals surface area contributed by atoms with E-state index in [1.807, 2.05) is 31.3 Å². The minimum absolute atomic E-state index is 0.0642. The van der Waals surface area contributed by atoms with E-state index in [-0.39, 0.29) is 17.8 Å². The van der Waals surface area contributed by atoms with Gasteiger partial charge in [0.05, 0.1) is 12.3 Å². The van der Waals surface area contributed by atoms with E-state index in [1.165, 1.54) is 4.31 Å². The molecule has 0 bridgehead atoms. The van der Waals surface area contributed by atoms with Crippen molar-refractivity contribution in [3.05, 3.63) is 59.7 Å². The van der Waals surface area contributed by atoms with Gasteiger partial charge in [-0.15, -0.1) is 0 Å². The molecule has 0 saturated carbocycles. The van der Waals surface area contributed by atoms with Crippen LogP contribution in [0.2, 0.25) is 0 Å². The summed E-state index contributed by atoms with van der Waals surface area (Å²) in [5, 5.41) is 2.85. The van der Waals surface area contributed by atoms with Crippen molar-refractivity contribution in [2.75, 3.05) is 46.4 Å². The number of fused-ring (bicyclic) bond motifs is 1. The SMILES string of the molecule is CN1CCN(S(=O)(=O)Cc2ccc(C(=O)NCC3COc4ccccc4O3)cc2)CC1. The van der Waals surface area contributed by atoms with Crippen LogP contribution in [-0.4, -0.2) is 76.0 Å². The minimum Gasteiger partial charge on any atom is -0.486 e. The molecule has 0 aliphatic carbocycles. The lowest BCUT2D eigenvalue weighted by molar-refractivity contribution is 0.0789. The minimum atomic E-state index is -3.37. The lowest BCUT2D eigenvalue weighted by atomic mass is 10.1. The first-order chi connectivity index (χ1) is 14.9. The molecule has 1 fully saturated rings. The summed E-state index contributed by atoms with van der Waals surface area (Å²) in [5.41, 5.74) is 1.13. The van der Waals surface area contributed by atoms with Crippen molar-refractivity contribution in [3.8, 4) is 11.5 Å². The smallest absolute Gasteiger partial charge is 0.251 e. The molecule has 8 nitrogen and oxygen atoms in total. The first-order valence-corrected chi connectivity index (χ1v) is 11.9. The Balaban J connectivity index is 1.29. The van der Waals surface area contributed by atoms with Crippen molar-refractivity contribution in [3.63, 3.8) is 0 Å². The zero-order valence-corrected chi connectivity index (χ0v) is 18.3. The number of para-hydroxylation sites is 2. The van der Waals surface area contributed by atoms with Gasteiger partial charge in [-0.1, -0.05) is 24.3 Å². The largest absolute Gasteiger partial charge is 0.486 e. The lowest BCUT2D eigenvalue weighted by Gasteiger charge is -2.31. The Morgan fingerprint density at radius 3 is 2.42 bits per heavy atom. The lowest BCUT2D eigenvalue weighted by Crippen LogP contribution is -2.47. The predicted octanol–water partition coefficient (Wildman–Crippen LogP) is 1.33. The molecule has 2 aromatic carbocycles. The van der Waals surface area contributed by atoms with Crippen molar-refractivity contribution >= 4 is 15.9 Å². The Hall–Kier alpha value is -2.62. The van der Waals surface area contributed by atoms with Gasteiger partial charge in [-0.05, 0) is 36.9 Å². The molecule has 1 unspecified atom stereocenters. The Kier molecular flexibility index (Phi) is 6.45. The van der Waals surface area contributed by atoms with Crippen LogP contribution in [0, 0.1) is 0 Å². The van der Waals surface area contributed by atoms with Gasteiger partial charge < -0.3 is 19.7 Å². The zero-order valence-electron chi connectivity index (χ0n) is 17.5. The number of sulfonamides is 1. The van der Waals surface area contributed by atoms with Crippen molar-refractivity contribution < 1.29 is 22.7 Å². The number of nitrogens with one attached hydrogen (secondary N) is 1. The van der Waals surface area contributed by atoms with Gasteiger partial charge in [0.2, 0.25) is 10.0 Å². The van der Waals surface area contributed by atoms with Crippen molar-refractivity contribution in [2.45, 2.75) is 11.9 Å². The van der Waals surface area contributed by atoms with Gasteiger partial charge >= 0.3 is 0 Å². The van der Waals surface area contributed by atoms with Crippen LogP contribution in [0.4, 0.5) is 0 Å². The van der Waals surface area contributed by atoms with E-state index in [9.17, 15) is 13.2 Å². The Labute approximate surface area is 182 Å². The third-order valence-corrected chi connectivity index (χ3v) is 7.33. The quantitative estimate of drug-likeness (QED) is 0.722. The third-order valence-electron chi connectivity index (χ3n) is 5.48. The summed E-state index contributed by atoms with van der Waals surface area (Å²) in [4.78, 5) is 14.6. The first kappa shape index (κ1) is 21.6. The van der Waals surface area contributed by atoms with Crippen LogP contribution in [0.1, 0.15) is 15.9 Å². The topological polar surface area (TPSA) is 88.2 Å². The van der Waals surface area contributed by atoms with Crippen molar-refractivity contribution in [1.29, 1.82) is 0 Å². The maximum atomic E-state index is 12.6. The number of likely N-dealkylation sites (N-methyl/N-ethyl adjacent to an activating group) is 1. The van der Waals surface area contributed by atoms with Crippen LogP contribution in [0.3, 0.4) is 0 Å². The number of hydrogen-bond acceptors (Lipinski definition) is 6. The molecule has 31 heavy (non-hydrogen) atoms. The van der Waals surface area contributed by atoms with Crippen LogP contribution >= 0.6 is 0 Å². The molecule has 0 spiro atoms. The molecule has 166 valence electrons. The molecular formula is C22H27N3O5S. The highest BCUT2D eigenvalue weighted by Crippen LogP contribution is 2.30. The van der Waals surface area contributed by atoms with Crippen molar-refractivity contribution in [2.24, 2.45) is 0 Å². The van der Waals surface area contributed by atoms with Crippen LogP contribution < -0.4 is 14.8 Å². The molecule has 4 rings (SSSR count). The Morgan fingerprint density at radius 2 is 1.71 bits per heavy atom. The second-order valence-electron chi connectivity index (χ2n) is 7.86. The molecule has 1 atom stereocenters. The fraction of sp³-hybridized carbons (Fsp3) is 0.409. The first-order valence-electron chi connectivity index (χ1n) is 10.3. The molecule has 9 heteroatoms. The average molecular weight is 446 g/mol. The highest BCUT2D eigenvalue weighted by molar-refractivity contribution is 7.88. The van der Waals surface area contributed by atoms with Crippen molar-refractivity contribution in [1.82, 2.24) is 14.5 Å².